The van der Waals surface area contributed by atoms with Gasteiger partial charge >= 0.3 is 0 Å². The Morgan fingerprint density at radius 1 is 0.970 bits per heavy atom. The summed E-state index contributed by atoms with van der Waals surface area (Å²) >= 11 is 1.58. The van der Waals surface area contributed by atoms with Crippen molar-refractivity contribution in [3.8, 4) is 0 Å². The molecular formula is C26H30N2O3S2. The first-order chi connectivity index (χ1) is 15.9. The minimum Gasteiger partial charge on any atom is -0.332 e. The third-order valence-corrected chi connectivity index (χ3v) is 7.91. The Hall–Kier alpha value is -2.74. The van der Waals surface area contributed by atoms with E-state index in [1.165, 1.54) is 9.71 Å². The Kier molecular flexibility index (Phi) is 9.00. The monoisotopic (exact) mass is 482 g/mol. The molecule has 0 aliphatic rings. The molecule has 0 aliphatic carbocycles. The fourth-order valence-electron chi connectivity index (χ4n) is 3.37. The number of sulfonamides is 1. The predicted molar refractivity (Wildman–Crippen MR) is 136 cm³/mol. The third kappa shape index (κ3) is 7.39. The van der Waals surface area contributed by atoms with Gasteiger partial charge in [0.2, 0.25) is 15.9 Å². The maximum Gasteiger partial charge on any atom is 0.238 e. The van der Waals surface area contributed by atoms with Crippen molar-refractivity contribution in [2.75, 3.05) is 6.54 Å². The van der Waals surface area contributed by atoms with Crippen molar-refractivity contribution in [1.29, 1.82) is 0 Å². The molecule has 3 aromatic rings. The smallest absolute Gasteiger partial charge is 0.238 e. The molecule has 1 heterocycles. The normalized spacial score (nSPS) is 12.8. The summed E-state index contributed by atoms with van der Waals surface area (Å²) in [5.41, 5.74) is 1.80. The van der Waals surface area contributed by atoms with Crippen LogP contribution in [0.15, 0.2) is 83.6 Å². The van der Waals surface area contributed by atoms with Crippen LogP contribution in [0.4, 0.5) is 0 Å². The van der Waals surface area contributed by atoms with E-state index in [0.717, 1.165) is 16.0 Å². The van der Waals surface area contributed by atoms with Gasteiger partial charge in [0.1, 0.15) is 0 Å². The van der Waals surface area contributed by atoms with Crippen molar-refractivity contribution in [2.45, 2.75) is 39.4 Å². The van der Waals surface area contributed by atoms with Gasteiger partial charge in [0.05, 0.1) is 13.1 Å². The van der Waals surface area contributed by atoms with Crippen LogP contribution in [-0.4, -0.2) is 36.1 Å². The van der Waals surface area contributed by atoms with Crippen molar-refractivity contribution >= 4 is 33.3 Å². The Bertz CT molecular complexity index is 1130. The van der Waals surface area contributed by atoms with Crippen LogP contribution < -0.4 is 0 Å². The van der Waals surface area contributed by atoms with E-state index < -0.39 is 10.0 Å². The standard InChI is InChI=1S/C26H30N2O3S2/c1-3-22(2)28(33(30,31)18-16-23-11-6-4-7-12-23)21-26(29)27(20-25-15-10-17-32-25)19-24-13-8-5-9-14-24/h4-18,22H,3,19-21H2,1-2H3. The lowest BCUT2D eigenvalue weighted by Crippen LogP contribution is -2.45. The van der Waals surface area contributed by atoms with Crippen LogP contribution in [0.3, 0.4) is 0 Å². The lowest BCUT2D eigenvalue weighted by atomic mass is 10.2. The molecule has 2 aromatic carbocycles. The Morgan fingerprint density at radius 3 is 2.24 bits per heavy atom. The molecule has 3 rings (SSSR count). The highest BCUT2D eigenvalue weighted by molar-refractivity contribution is 7.92. The average molecular weight is 483 g/mol. The van der Waals surface area contributed by atoms with Gasteiger partial charge in [0, 0.05) is 22.9 Å². The van der Waals surface area contributed by atoms with Crippen LogP contribution in [0.5, 0.6) is 0 Å². The molecule has 5 nitrogen and oxygen atoms in total. The molecule has 0 radical (unpaired) electrons. The molecule has 1 amide bonds. The highest BCUT2D eigenvalue weighted by atomic mass is 32.2. The van der Waals surface area contributed by atoms with Gasteiger partial charge in [-0.05, 0) is 42.0 Å². The number of carbonyl (C=O) groups is 1. The van der Waals surface area contributed by atoms with Crippen LogP contribution in [-0.2, 0) is 27.9 Å². The van der Waals surface area contributed by atoms with Gasteiger partial charge in [0.15, 0.2) is 0 Å². The summed E-state index contributed by atoms with van der Waals surface area (Å²) in [5, 5.41) is 3.17. The van der Waals surface area contributed by atoms with Gasteiger partial charge in [-0.15, -0.1) is 11.3 Å². The molecule has 0 N–H and O–H groups in total. The summed E-state index contributed by atoms with van der Waals surface area (Å²) in [5.74, 6) is -0.218. The van der Waals surface area contributed by atoms with Crippen LogP contribution in [0.2, 0.25) is 0 Å². The maximum absolute atomic E-state index is 13.4. The fraction of sp³-hybridized carbons (Fsp3) is 0.269. The first-order valence-corrected chi connectivity index (χ1v) is 13.4. The van der Waals surface area contributed by atoms with E-state index in [-0.39, 0.29) is 18.5 Å². The third-order valence-electron chi connectivity index (χ3n) is 5.43. The summed E-state index contributed by atoms with van der Waals surface area (Å²) < 4.78 is 27.7. The van der Waals surface area contributed by atoms with Crippen molar-refractivity contribution < 1.29 is 13.2 Å². The van der Waals surface area contributed by atoms with Gasteiger partial charge in [-0.2, -0.15) is 4.31 Å². The largest absolute Gasteiger partial charge is 0.332 e. The number of carbonyl (C=O) groups excluding carboxylic acids is 1. The summed E-state index contributed by atoms with van der Waals surface area (Å²) in [6, 6.07) is 22.7. The quantitative estimate of drug-likeness (QED) is 0.369. The molecule has 33 heavy (non-hydrogen) atoms. The molecule has 0 aliphatic heterocycles. The van der Waals surface area contributed by atoms with Crippen LogP contribution >= 0.6 is 11.3 Å². The summed E-state index contributed by atoms with van der Waals surface area (Å²) in [6.07, 6.45) is 2.18. The highest BCUT2D eigenvalue weighted by Gasteiger charge is 2.29. The van der Waals surface area contributed by atoms with Crippen LogP contribution in [0, 0.1) is 0 Å². The van der Waals surface area contributed by atoms with Gasteiger partial charge in [-0.3, -0.25) is 4.79 Å². The van der Waals surface area contributed by atoms with Crippen molar-refractivity contribution in [1.82, 2.24) is 9.21 Å². The Labute approximate surface area is 201 Å². The van der Waals surface area contributed by atoms with E-state index in [2.05, 4.69) is 0 Å². The number of thiophene rings is 1. The number of hydrogen-bond donors (Lipinski definition) is 0. The fourth-order valence-corrected chi connectivity index (χ4v) is 5.51. The molecule has 1 atom stereocenters. The summed E-state index contributed by atoms with van der Waals surface area (Å²) in [6.45, 7) is 4.42. The van der Waals surface area contributed by atoms with Crippen molar-refractivity contribution in [3.05, 3.63) is 99.6 Å². The van der Waals surface area contributed by atoms with Gasteiger partial charge < -0.3 is 4.90 Å². The number of benzene rings is 2. The second kappa shape index (κ2) is 11.9. The van der Waals surface area contributed by atoms with E-state index in [1.54, 1.807) is 22.3 Å². The van der Waals surface area contributed by atoms with Crippen molar-refractivity contribution in [3.63, 3.8) is 0 Å². The van der Waals surface area contributed by atoms with Crippen LogP contribution in [0.1, 0.15) is 36.3 Å². The van der Waals surface area contributed by atoms with E-state index in [0.29, 0.717) is 19.5 Å². The topological polar surface area (TPSA) is 57.7 Å². The maximum atomic E-state index is 13.4. The lowest BCUT2D eigenvalue weighted by molar-refractivity contribution is -0.132. The number of nitrogens with zero attached hydrogens (tertiary/aromatic N) is 2. The zero-order valence-electron chi connectivity index (χ0n) is 19.0. The number of rotatable bonds is 11. The van der Waals surface area contributed by atoms with E-state index in [1.807, 2.05) is 92.0 Å². The summed E-state index contributed by atoms with van der Waals surface area (Å²) in [7, 11) is -3.79. The molecule has 7 heteroatoms. The predicted octanol–water partition coefficient (Wildman–Crippen LogP) is 5.38. The lowest BCUT2D eigenvalue weighted by Gasteiger charge is -2.29. The van der Waals surface area contributed by atoms with Crippen LogP contribution in [0.25, 0.3) is 6.08 Å². The highest BCUT2D eigenvalue weighted by Crippen LogP contribution is 2.18. The van der Waals surface area contributed by atoms with E-state index >= 15 is 0 Å². The van der Waals surface area contributed by atoms with Gasteiger partial charge in [-0.25, -0.2) is 8.42 Å². The summed E-state index contributed by atoms with van der Waals surface area (Å²) in [4.78, 5) is 16.2. The average Bonchev–Trinajstić information content (AvgIpc) is 3.34. The molecule has 0 saturated carbocycles. The van der Waals surface area contributed by atoms with Crippen molar-refractivity contribution in [2.24, 2.45) is 0 Å². The first-order valence-electron chi connectivity index (χ1n) is 11.0. The van der Waals surface area contributed by atoms with Gasteiger partial charge in [0.25, 0.3) is 0 Å². The second-order valence-electron chi connectivity index (χ2n) is 7.88. The molecule has 1 unspecified atom stereocenters. The van der Waals surface area contributed by atoms with Gasteiger partial charge in [-0.1, -0.05) is 73.7 Å². The van der Waals surface area contributed by atoms with E-state index in [9.17, 15) is 13.2 Å². The Morgan fingerprint density at radius 2 is 1.64 bits per heavy atom. The minimum absolute atomic E-state index is 0.200. The Balaban J connectivity index is 1.82. The number of hydrogen-bond acceptors (Lipinski definition) is 4. The molecular weight excluding hydrogens is 452 g/mol. The number of amides is 1. The molecule has 0 fully saturated rings. The second-order valence-corrected chi connectivity index (χ2v) is 10.7. The SMILES string of the molecule is CCC(C)N(CC(=O)N(Cc1ccccc1)Cc1cccs1)S(=O)(=O)C=Cc1ccccc1. The molecule has 1 aromatic heterocycles. The minimum atomic E-state index is -3.79. The van der Waals surface area contributed by atoms with E-state index in [4.69, 9.17) is 0 Å². The zero-order chi connectivity index (χ0) is 23.7. The zero-order valence-corrected chi connectivity index (χ0v) is 20.6. The molecule has 174 valence electrons. The molecule has 0 saturated heterocycles. The molecule has 0 bridgehead atoms. The first kappa shape index (κ1) is 24.9. The molecule has 0 spiro atoms.